The van der Waals surface area contributed by atoms with Gasteiger partial charge in [-0.2, -0.15) is 0 Å². The molecular formula is C20H23N3O2. The Bertz CT molecular complexity index is 714. The van der Waals surface area contributed by atoms with Crippen molar-refractivity contribution in [2.45, 2.75) is 31.7 Å². The smallest absolute Gasteiger partial charge is 0.253 e. The van der Waals surface area contributed by atoms with E-state index >= 15 is 0 Å². The van der Waals surface area contributed by atoms with Gasteiger partial charge >= 0.3 is 0 Å². The van der Waals surface area contributed by atoms with Gasteiger partial charge in [0.25, 0.3) is 5.91 Å². The molecule has 130 valence electrons. The minimum Gasteiger partial charge on any atom is -0.491 e. The van der Waals surface area contributed by atoms with Crippen LogP contribution < -0.4 is 15.4 Å². The Kier molecular flexibility index (Phi) is 4.55. The predicted molar refractivity (Wildman–Crippen MR) is 97.0 cm³/mol. The number of carbonyl (C=O) groups is 1. The fourth-order valence-corrected chi connectivity index (χ4v) is 3.04. The molecule has 0 bridgehead atoms. The van der Waals surface area contributed by atoms with Gasteiger partial charge < -0.3 is 15.4 Å². The van der Waals surface area contributed by atoms with Crippen LogP contribution in [0.1, 0.15) is 35.2 Å². The molecule has 1 fully saturated rings. The third-order valence-electron chi connectivity index (χ3n) is 4.80. The molecule has 1 amide bonds. The van der Waals surface area contributed by atoms with E-state index in [1.54, 1.807) is 6.20 Å². The first-order valence-corrected chi connectivity index (χ1v) is 8.99. The molecule has 2 heterocycles. The summed E-state index contributed by atoms with van der Waals surface area (Å²) in [6.45, 7) is 1.47. The molecular weight excluding hydrogens is 314 g/mol. The molecule has 0 saturated heterocycles. The maximum atomic E-state index is 12.5. The number of fused-ring (bicyclic) bond motifs is 1. The molecule has 1 aromatic heterocycles. The van der Waals surface area contributed by atoms with Crippen LogP contribution in [0.3, 0.4) is 0 Å². The normalized spacial score (nSPS) is 19.3. The second-order valence-corrected chi connectivity index (χ2v) is 6.88. The van der Waals surface area contributed by atoms with Crippen molar-refractivity contribution in [3.05, 3.63) is 53.7 Å². The van der Waals surface area contributed by atoms with Crippen LogP contribution >= 0.6 is 0 Å². The first-order chi connectivity index (χ1) is 12.3. The third kappa shape index (κ3) is 4.10. The number of anilines is 1. The molecule has 2 N–H and O–H groups in total. The number of nitrogens with zero attached hydrogens (tertiary/aromatic N) is 1. The van der Waals surface area contributed by atoms with Gasteiger partial charge in [-0.05, 0) is 55.4 Å². The lowest BCUT2D eigenvalue weighted by Crippen LogP contribution is -2.38. The van der Waals surface area contributed by atoms with Gasteiger partial charge in [0.05, 0.1) is 11.6 Å². The molecule has 5 heteroatoms. The average molecular weight is 337 g/mol. The Hall–Kier alpha value is -2.56. The number of amides is 1. The molecule has 1 aliphatic carbocycles. The van der Waals surface area contributed by atoms with E-state index in [2.05, 4.69) is 21.7 Å². The Labute approximate surface area is 147 Å². The first kappa shape index (κ1) is 15.9. The number of carbonyl (C=O) groups excluding carboxylic acids is 1. The number of benzene rings is 1. The summed E-state index contributed by atoms with van der Waals surface area (Å²) in [6, 6.07) is 11.8. The summed E-state index contributed by atoms with van der Waals surface area (Å²) in [4.78, 5) is 16.8. The minimum atomic E-state index is -0.0965. The molecule has 0 radical (unpaired) electrons. The fourth-order valence-electron chi connectivity index (χ4n) is 3.04. The van der Waals surface area contributed by atoms with Crippen LogP contribution in [0.5, 0.6) is 5.75 Å². The molecule has 4 rings (SSSR count). The van der Waals surface area contributed by atoms with Gasteiger partial charge in [0.2, 0.25) is 0 Å². The summed E-state index contributed by atoms with van der Waals surface area (Å²) in [7, 11) is 0. The molecule has 2 aliphatic rings. The predicted octanol–water partition coefficient (Wildman–Crippen LogP) is 3.03. The second-order valence-electron chi connectivity index (χ2n) is 6.88. The molecule has 5 nitrogen and oxygen atoms in total. The largest absolute Gasteiger partial charge is 0.491 e. The van der Waals surface area contributed by atoms with E-state index in [4.69, 9.17) is 4.74 Å². The van der Waals surface area contributed by atoms with Crippen molar-refractivity contribution >= 4 is 11.7 Å². The van der Waals surface area contributed by atoms with Crippen LogP contribution in [0, 0.1) is 5.92 Å². The minimum absolute atomic E-state index is 0.00701. The number of aromatic nitrogens is 1. The van der Waals surface area contributed by atoms with E-state index in [0.29, 0.717) is 12.2 Å². The van der Waals surface area contributed by atoms with E-state index in [1.165, 1.54) is 18.4 Å². The van der Waals surface area contributed by atoms with Crippen molar-refractivity contribution in [2.24, 2.45) is 5.92 Å². The van der Waals surface area contributed by atoms with Crippen molar-refractivity contribution < 1.29 is 9.53 Å². The molecule has 1 saturated carbocycles. The highest BCUT2D eigenvalue weighted by molar-refractivity contribution is 5.94. The van der Waals surface area contributed by atoms with E-state index in [1.807, 2.05) is 30.3 Å². The fraction of sp³-hybridized carbons (Fsp3) is 0.400. The van der Waals surface area contributed by atoms with Crippen LogP contribution in [0.15, 0.2) is 42.6 Å². The van der Waals surface area contributed by atoms with Gasteiger partial charge in [-0.1, -0.05) is 18.2 Å². The zero-order valence-corrected chi connectivity index (χ0v) is 14.2. The zero-order valence-electron chi connectivity index (χ0n) is 14.2. The van der Waals surface area contributed by atoms with Gasteiger partial charge in [-0.3, -0.25) is 4.79 Å². The summed E-state index contributed by atoms with van der Waals surface area (Å²) < 4.78 is 5.84. The van der Waals surface area contributed by atoms with Crippen molar-refractivity contribution in [2.75, 3.05) is 18.5 Å². The maximum Gasteiger partial charge on any atom is 0.253 e. The average Bonchev–Trinajstić information content (AvgIpc) is 3.48. The van der Waals surface area contributed by atoms with E-state index in [-0.39, 0.29) is 11.9 Å². The SMILES string of the molecule is O=C(NC1CCc2ccccc2OC1)c1ccc(NCC2CC2)nc1. The number of aryl methyl sites for hydroxylation is 1. The Morgan fingerprint density at radius 1 is 1.16 bits per heavy atom. The maximum absolute atomic E-state index is 12.5. The third-order valence-corrected chi connectivity index (χ3v) is 4.80. The van der Waals surface area contributed by atoms with E-state index in [9.17, 15) is 4.79 Å². The van der Waals surface area contributed by atoms with E-state index < -0.39 is 0 Å². The van der Waals surface area contributed by atoms with Gasteiger partial charge in [-0.15, -0.1) is 0 Å². The quantitative estimate of drug-likeness (QED) is 0.880. The number of nitrogens with one attached hydrogen (secondary N) is 2. The lowest BCUT2D eigenvalue weighted by atomic mass is 10.1. The Balaban J connectivity index is 1.32. The van der Waals surface area contributed by atoms with Gasteiger partial charge in [0.15, 0.2) is 0 Å². The number of rotatable bonds is 5. The highest BCUT2D eigenvalue weighted by Gasteiger charge is 2.21. The van der Waals surface area contributed by atoms with Crippen molar-refractivity contribution in [1.82, 2.24) is 10.3 Å². The Morgan fingerprint density at radius 2 is 2.04 bits per heavy atom. The summed E-state index contributed by atoms with van der Waals surface area (Å²) in [6.07, 6.45) is 6.03. The number of para-hydroxylation sites is 1. The molecule has 0 spiro atoms. The van der Waals surface area contributed by atoms with Crippen LogP contribution in [0.2, 0.25) is 0 Å². The van der Waals surface area contributed by atoms with E-state index in [0.717, 1.165) is 36.9 Å². The number of pyridine rings is 1. The highest BCUT2D eigenvalue weighted by Crippen LogP contribution is 2.28. The molecule has 1 unspecified atom stereocenters. The van der Waals surface area contributed by atoms with Crippen molar-refractivity contribution in [1.29, 1.82) is 0 Å². The highest BCUT2D eigenvalue weighted by atomic mass is 16.5. The summed E-state index contributed by atoms with van der Waals surface area (Å²) in [5, 5.41) is 6.38. The topological polar surface area (TPSA) is 63.2 Å². The lowest BCUT2D eigenvalue weighted by Gasteiger charge is -2.16. The first-order valence-electron chi connectivity index (χ1n) is 8.99. The van der Waals surface area contributed by atoms with Gasteiger partial charge in [0.1, 0.15) is 18.2 Å². The molecule has 2 aromatic rings. The van der Waals surface area contributed by atoms with Gasteiger partial charge in [-0.25, -0.2) is 4.98 Å². The van der Waals surface area contributed by atoms with Gasteiger partial charge in [0, 0.05) is 12.7 Å². The molecule has 1 aromatic carbocycles. The Morgan fingerprint density at radius 3 is 2.84 bits per heavy atom. The van der Waals surface area contributed by atoms with Crippen LogP contribution in [0.25, 0.3) is 0 Å². The second kappa shape index (κ2) is 7.13. The summed E-state index contributed by atoms with van der Waals surface area (Å²) in [5.74, 6) is 2.45. The standard InChI is InChI=1S/C20H23N3O2/c24-20(16-8-10-19(22-12-16)21-11-14-5-6-14)23-17-9-7-15-3-1-2-4-18(15)25-13-17/h1-4,8,10,12,14,17H,5-7,9,11,13H2,(H,21,22)(H,23,24). The van der Waals surface area contributed by atoms with Crippen LogP contribution in [-0.2, 0) is 6.42 Å². The van der Waals surface area contributed by atoms with Crippen LogP contribution in [0.4, 0.5) is 5.82 Å². The van der Waals surface area contributed by atoms with Crippen molar-refractivity contribution in [3.63, 3.8) is 0 Å². The molecule has 1 atom stereocenters. The summed E-state index contributed by atoms with van der Waals surface area (Å²) in [5.41, 5.74) is 1.78. The number of hydrogen-bond acceptors (Lipinski definition) is 4. The van der Waals surface area contributed by atoms with Crippen molar-refractivity contribution in [3.8, 4) is 5.75 Å². The molecule has 1 aliphatic heterocycles. The van der Waals surface area contributed by atoms with Crippen LogP contribution in [-0.4, -0.2) is 30.1 Å². The lowest BCUT2D eigenvalue weighted by molar-refractivity contribution is 0.0921. The summed E-state index contributed by atoms with van der Waals surface area (Å²) >= 11 is 0. The molecule has 25 heavy (non-hydrogen) atoms. The monoisotopic (exact) mass is 337 g/mol. The number of hydrogen-bond donors (Lipinski definition) is 2. The number of ether oxygens (including phenoxy) is 1. The zero-order chi connectivity index (χ0) is 17.1.